The molecule has 1 N–H and O–H groups in total. The van der Waals surface area contributed by atoms with E-state index < -0.39 is 0 Å². The van der Waals surface area contributed by atoms with Gasteiger partial charge in [-0.2, -0.15) is 0 Å². The molecular formula is C17H25N3S. The van der Waals surface area contributed by atoms with Crippen LogP contribution in [0.5, 0.6) is 0 Å². The van der Waals surface area contributed by atoms with Crippen LogP contribution < -0.4 is 5.32 Å². The summed E-state index contributed by atoms with van der Waals surface area (Å²) in [6.45, 7) is 7.39. The summed E-state index contributed by atoms with van der Waals surface area (Å²) >= 11 is 1.90. The fourth-order valence-corrected chi connectivity index (χ4v) is 4.16. The van der Waals surface area contributed by atoms with Gasteiger partial charge in [0.15, 0.2) is 0 Å². The van der Waals surface area contributed by atoms with Gasteiger partial charge in [0.1, 0.15) is 0 Å². The number of hydrogen-bond donors (Lipinski definition) is 1. The summed E-state index contributed by atoms with van der Waals surface area (Å²) in [4.78, 5) is 7.52. The van der Waals surface area contributed by atoms with Crippen molar-refractivity contribution in [3.63, 3.8) is 0 Å². The summed E-state index contributed by atoms with van der Waals surface area (Å²) in [7, 11) is 0. The van der Waals surface area contributed by atoms with Gasteiger partial charge in [-0.25, -0.2) is 4.98 Å². The maximum absolute atomic E-state index is 4.69. The summed E-state index contributed by atoms with van der Waals surface area (Å²) < 4.78 is 2.27. The fraction of sp³-hybridized carbons (Fsp3) is 0.588. The van der Waals surface area contributed by atoms with Gasteiger partial charge in [0, 0.05) is 22.0 Å². The molecule has 2 aromatic rings. The number of anilines is 1. The van der Waals surface area contributed by atoms with Gasteiger partial charge in [0.05, 0.1) is 12.2 Å². The van der Waals surface area contributed by atoms with Crippen molar-refractivity contribution < 1.29 is 0 Å². The Hall–Kier alpha value is -1.29. The summed E-state index contributed by atoms with van der Waals surface area (Å²) in [5.41, 5.74) is 2.49. The van der Waals surface area contributed by atoms with Crippen LogP contribution in [0.15, 0.2) is 12.3 Å². The Labute approximate surface area is 131 Å². The zero-order valence-corrected chi connectivity index (χ0v) is 14.1. The van der Waals surface area contributed by atoms with Crippen LogP contribution in [0.3, 0.4) is 0 Å². The number of thiophene rings is 1. The number of nitrogens with zero attached hydrogens (tertiary/aromatic N) is 2. The number of imidazole rings is 1. The molecule has 2 aromatic heterocycles. The SMILES string of the molecule is Cc1cn(Cc2cc(C)c(C)s2)c(NC2CCCCC2)n1. The molecule has 2 heterocycles. The van der Waals surface area contributed by atoms with Gasteiger partial charge in [0.25, 0.3) is 0 Å². The first kappa shape index (κ1) is 14.6. The van der Waals surface area contributed by atoms with Gasteiger partial charge < -0.3 is 9.88 Å². The molecule has 1 aliphatic carbocycles. The number of nitrogens with one attached hydrogen (secondary N) is 1. The van der Waals surface area contributed by atoms with E-state index in [0.29, 0.717) is 6.04 Å². The van der Waals surface area contributed by atoms with E-state index in [1.165, 1.54) is 47.4 Å². The van der Waals surface area contributed by atoms with E-state index in [-0.39, 0.29) is 0 Å². The van der Waals surface area contributed by atoms with Crippen molar-refractivity contribution in [2.24, 2.45) is 0 Å². The van der Waals surface area contributed by atoms with Crippen LogP contribution in [0.25, 0.3) is 0 Å². The summed E-state index contributed by atoms with van der Waals surface area (Å²) in [6.07, 6.45) is 8.81. The number of rotatable bonds is 4. The third-order valence-electron chi connectivity index (χ3n) is 4.38. The number of aryl methyl sites for hydroxylation is 3. The van der Waals surface area contributed by atoms with Crippen LogP contribution in [0, 0.1) is 20.8 Å². The van der Waals surface area contributed by atoms with E-state index in [4.69, 9.17) is 0 Å². The van der Waals surface area contributed by atoms with Crippen LogP contribution in [0.2, 0.25) is 0 Å². The number of hydrogen-bond acceptors (Lipinski definition) is 3. The Morgan fingerprint density at radius 1 is 1.24 bits per heavy atom. The van der Waals surface area contributed by atoms with Gasteiger partial charge in [-0.3, -0.25) is 0 Å². The molecule has 1 fully saturated rings. The minimum Gasteiger partial charge on any atom is -0.353 e. The lowest BCUT2D eigenvalue weighted by atomic mass is 9.96. The van der Waals surface area contributed by atoms with Crippen LogP contribution >= 0.6 is 11.3 Å². The molecule has 0 unspecified atom stereocenters. The van der Waals surface area contributed by atoms with Crippen molar-refractivity contribution in [3.8, 4) is 0 Å². The molecule has 114 valence electrons. The molecule has 0 radical (unpaired) electrons. The van der Waals surface area contributed by atoms with Crippen LogP contribution in [-0.4, -0.2) is 15.6 Å². The quantitative estimate of drug-likeness (QED) is 0.890. The van der Waals surface area contributed by atoms with Crippen molar-refractivity contribution in [1.29, 1.82) is 0 Å². The minimum absolute atomic E-state index is 0.603. The zero-order chi connectivity index (χ0) is 14.8. The van der Waals surface area contributed by atoms with Crippen molar-refractivity contribution in [1.82, 2.24) is 9.55 Å². The lowest BCUT2D eigenvalue weighted by Crippen LogP contribution is -2.24. The molecule has 1 saturated carbocycles. The largest absolute Gasteiger partial charge is 0.353 e. The topological polar surface area (TPSA) is 29.9 Å². The van der Waals surface area contributed by atoms with Gasteiger partial charge in [-0.15, -0.1) is 11.3 Å². The highest BCUT2D eigenvalue weighted by molar-refractivity contribution is 7.12. The fourth-order valence-electron chi connectivity index (χ4n) is 3.11. The molecule has 3 rings (SSSR count). The first-order valence-corrected chi connectivity index (χ1v) is 8.79. The molecule has 0 aliphatic heterocycles. The molecule has 4 heteroatoms. The molecule has 0 spiro atoms. The predicted octanol–water partition coefficient (Wildman–Crippen LogP) is 4.66. The third-order valence-corrected chi connectivity index (χ3v) is 5.52. The molecule has 3 nitrogen and oxygen atoms in total. The van der Waals surface area contributed by atoms with E-state index in [0.717, 1.165) is 18.2 Å². The maximum atomic E-state index is 4.69. The van der Waals surface area contributed by atoms with Crippen LogP contribution in [-0.2, 0) is 6.54 Å². The summed E-state index contributed by atoms with van der Waals surface area (Å²) in [5, 5.41) is 3.67. The normalized spacial score (nSPS) is 16.3. The lowest BCUT2D eigenvalue weighted by molar-refractivity contribution is 0.459. The Bertz CT molecular complexity index is 586. The Morgan fingerprint density at radius 3 is 2.67 bits per heavy atom. The Morgan fingerprint density at radius 2 is 2.00 bits per heavy atom. The summed E-state index contributed by atoms with van der Waals surface area (Å²) in [6, 6.07) is 2.91. The second-order valence-corrected chi connectivity index (χ2v) is 7.61. The van der Waals surface area contributed by atoms with Crippen molar-refractivity contribution >= 4 is 17.3 Å². The molecular weight excluding hydrogens is 278 g/mol. The van der Waals surface area contributed by atoms with Crippen LogP contribution in [0.1, 0.15) is 53.1 Å². The van der Waals surface area contributed by atoms with E-state index in [2.05, 4.69) is 47.9 Å². The van der Waals surface area contributed by atoms with E-state index in [1.54, 1.807) is 0 Å². The van der Waals surface area contributed by atoms with E-state index >= 15 is 0 Å². The third kappa shape index (κ3) is 3.49. The van der Waals surface area contributed by atoms with Crippen LogP contribution in [0.4, 0.5) is 5.95 Å². The average Bonchev–Trinajstić information content (AvgIpc) is 2.94. The number of aromatic nitrogens is 2. The van der Waals surface area contributed by atoms with Gasteiger partial charge in [-0.1, -0.05) is 19.3 Å². The molecule has 0 bridgehead atoms. The standard InChI is InChI=1S/C17H25N3S/c1-12-9-16(21-14(12)3)11-20-10-13(2)18-17(20)19-15-7-5-4-6-8-15/h9-10,15H,4-8,11H2,1-3H3,(H,18,19). The van der Waals surface area contributed by atoms with E-state index in [1.807, 2.05) is 11.3 Å². The molecule has 21 heavy (non-hydrogen) atoms. The second-order valence-electron chi connectivity index (χ2n) is 6.26. The highest BCUT2D eigenvalue weighted by Gasteiger charge is 2.16. The maximum Gasteiger partial charge on any atom is 0.203 e. The van der Waals surface area contributed by atoms with Gasteiger partial charge in [0.2, 0.25) is 5.95 Å². The first-order valence-electron chi connectivity index (χ1n) is 7.98. The average molecular weight is 303 g/mol. The van der Waals surface area contributed by atoms with Crippen molar-refractivity contribution in [2.75, 3.05) is 5.32 Å². The van der Waals surface area contributed by atoms with Crippen molar-refractivity contribution in [3.05, 3.63) is 33.3 Å². The van der Waals surface area contributed by atoms with Crippen molar-refractivity contribution in [2.45, 2.75) is 65.5 Å². The lowest BCUT2D eigenvalue weighted by Gasteiger charge is -2.23. The molecule has 0 amide bonds. The molecule has 0 atom stereocenters. The Kier molecular flexibility index (Phi) is 4.34. The first-order chi connectivity index (χ1) is 10.1. The zero-order valence-electron chi connectivity index (χ0n) is 13.3. The highest BCUT2D eigenvalue weighted by Crippen LogP contribution is 2.25. The Balaban J connectivity index is 1.75. The molecule has 1 aliphatic rings. The van der Waals surface area contributed by atoms with Gasteiger partial charge in [-0.05, 0) is 45.2 Å². The molecule has 0 saturated heterocycles. The van der Waals surface area contributed by atoms with Gasteiger partial charge >= 0.3 is 0 Å². The summed E-state index contributed by atoms with van der Waals surface area (Å²) in [5.74, 6) is 1.04. The minimum atomic E-state index is 0.603. The van der Waals surface area contributed by atoms with E-state index in [9.17, 15) is 0 Å². The second kappa shape index (κ2) is 6.22. The highest BCUT2D eigenvalue weighted by atomic mass is 32.1. The monoisotopic (exact) mass is 303 g/mol. The smallest absolute Gasteiger partial charge is 0.203 e. The predicted molar refractivity (Wildman–Crippen MR) is 90.4 cm³/mol. The molecule has 0 aromatic carbocycles.